The van der Waals surface area contributed by atoms with Crippen molar-refractivity contribution in [2.45, 2.75) is 13.5 Å². The predicted molar refractivity (Wildman–Crippen MR) is 98.7 cm³/mol. The van der Waals surface area contributed by atoms with Gasteiger partial charge in [-0.2, -0.15) is 4.89 Å². The molecule has 0 aliphatic carbocycles. The van der Waals surface area contributed by atoms with Crippen molar-refractivity contribution >= 4 is 17.3 Å². The van der Waals surface area contributed by atoms with Crippen LogP contribution in [0.3, 0.4) is 0 Å². The van der Waals surface area contributed by atoms with Crippen LogP contribution in [0.4, 0.5) is 11.4 Å². The zero-order valence-electron chi connectivity index (χ0n) is 14.2. The Bertz CT molecular complexity index is 997. The Labute approximate surface area is 150 Å². The highest BCUT2D eigenvalue weighted by molar-refractivity contribution is 5.95. The minimum atomic E-state index is -0.958. The number of aromatic carboxylic acids is 1. The fraction of sp³-hybridized carbons (Fsp3) is 0.0952. The number of carboxylic acids is 1. The Morgan fingerprint density at radius 2 is 1.85 bits per heavy atom. The van der Waals surface area contributed by atoms with Crippen LogP contribution < -0.4 is 10.2 Å². The van der Waals surface area contributed by atoms with Crippen molar-refractivity contribution in [2.24, 2.45) is 0 Å². The molecule has 0 bridgehead atoms. The van der Waals surface area contributed by atoms with E-state index in [4.69, 9.17) is 9.78 Å². The zero-order chi connectivity index (χ0) is 18.1. The smallest absolute Gasteiger partial charge is 0.337 e. The second-order valence-electron chi connectivity index (χ2n) is 6.12. The first-order valence-corrected chi connectivity index (χ1v) is 8.25. The molecule has 0 radical (unpaired) electrons. The molecule has 0 unspecified atom stereocenters. The van der Waals surface area contributed by atoms with Gasteiger partial charge in [-0.1, -0.05) is 30.3 Å². The van der Waals surface area contributed by atoms with Gasteiger partial charge in [0.25, 0.3) is 0 Å². The summed E-state index contributed by atoms with van der Waals surface area (Å²) in [5.41, 5.74) is 5.84. The molecular formula is C21H17NO4. The molecule has 0 saturated heterocycles. The summed E-state index contributed by atoms with van der Waals surface area (Å²) in [7, 11) is 0. The fourth-order valence-corrected chi connectivity index (χ4v) is 3.11. The van der Waals surface area contributed by atoms with Crippen LogP contribution in [0.25, 0.3) is 11.1 Å². The Kier molecular flexibility index (Phi) is 4.07. The molecule has 3 aromatic rings. The molecule has 5 heteroatoms. The molecule has 0 spiro atoms. The number of nitrogens with one attached hydrogen (secondary N) is 1. The lowest BCUT2D eigenvalue weighted by Crippen LogP contribution is -2.03. The third-order valence-electron chi connectivity index (χ3n) is 4.50. The summed E-state index contributed by atoms with van der Waals surface area (Å²) >= 11 is 0. The van der Waals surface area contributed by atoms with E-state index in [9.17, 15) is 9.90 Å². The van der Waals surface area contributed by atoms with Gasteiger partial charge in [0.1, 0.15) is 6.61 Å². The molecule has 26 heavy (non-hydrogen) atoms. The van der Waals surface area contributed by atoms with Gasteiger partial charge in [0, 0.05) is 11.3 Å². The first-order chi connectivity index (χ1) is 12.6. The van der Waals surface area contributed by atoms with E-state index < -0.39 is 5.97 Å². The van der Waals surface area contributed by atoms with Gasteiger partial charge < -0.3 is 15.3 Å². The molecule has 3 aromatic carbocycles. The van der Waals surface area contributed by atoms with Gasteiger partial charge in [-0.05, 0) is 53.9 Å². The number of benzene rings is 3. The molecule has 0 atom stereocenters. The zero-order valence-corrected chi connectivity index (χ0v) is 14.2. The monoisotopic (exact) mass is 347 g/mol. The van der Waals surface area contributed by atoms with Crippen LogP contribution in [0.1, 0.15) is 21.5 Å². The van der Waals surface area contributed by atoms with Crippen molar-refractivity contribution in [1.29, 1.82) is 0 Å². The molecular weight excluding hydrogens is 330 g/mol. The van der Waals surface area contributed by atoms with Crippen LogP contribution in [0.15, 0.2) is 60.7 Å². The molecule has 0 saturated carbocycles. The minimum Gasteiger partial charge on any atom is -0.478 e. The van der Waals surface area contributed by atoms with E-state index in [1.807, 2.05) is 43.3 Å². The standard InChI is InChI=1S/C21H17NO4/c1-13-16(14-9-10-20-15(11-14)12-25-26-20)6-4-8-18(13)22-19-7-3-2-5-17(19)21(23)24/h2-11,22H,12H2,1H3,(H,23,24). The van der Waals surface area contributed by atoms with E-state index in [0.717, 1.165) is 33.7 Å². The summed E-state index contributed by atoms with van der Waals surface area (Å²) in [6.45, 7) is 2.45. The normalized spacial score (nSPS) is 12.3. The molecule has 5 nitrogen and oxygen atoms in total. The molecule has 0 amide bonds. The van der Waals surface area contributed by atoms with Gasteiger partial charge in [-0.3, -0.25) is 0 Å². The average molecular weight is 347 g/mol. The van der Waals surface area contributed by atoms with Gasteiger partial charge >= 0.3 is 5.97 Å². The molecule has 0 aromatic heterocycles. The number of fused-ring (bicyclic) bond motifs is 1. The van der Waals surface area contributed by atoms with Gasteiger partial charge in [0.2, 0.25) is 0 Å². The molecule has 1 aliphatic heterocycles. The van der Waals surface area contributed by atoms with E-state index in [-0.39, 0.29) is 5.56 Å². The topological polar surface area (TPSA) is 67.8 Å². The van der Waals surface area contributed by atoms with E-state index in [2.05, 4.69) is 11.4 Å². The minimum absolute atomic E-state index is 0.240. The third-order valence-corrected chi connectivity index (χ3v) is 4.50. The predicted octanol–water partition coefficient (Wildman–Crippen LogP) is 4.93. The fourth-order valence-electron chi connectivity index (χ4n) is 3.11. The Morgan fingerprint density at radius 1 is 1.04 bits per heavy atom. The summed E-state index contributed by atoms with van der Waals surface area (Å²) in [5, 5.41) is 12.6. The Morgan fingerprint density at radius 3 is 2.69 bits per heavy atom. The maximum absolute atomic E-state index is 11.4. The maximum atomic E-state index is 11.4. The number of carboxylic acid groups (broad SMARTS) is 1. The highest BCUT2D eigenvalue weighted by Gasteiger charge is 2.16. The summed E-state index contributed by atoms with van der Waals surface area (Å²) in [5.74, 6) is -0.211. The van der Waals surface area contributed by atoms with Crippen LogP contribution in [0.2, 0.25) is 0 Å². The SMILES string of the molecule is Cc1c(Nc2ccccc2C(=O)O)cccc1-c1ccc2c(c1)COO2. The van der Waals surface area contributed by atoms with Crippen molar-refractivity contribution in [3.8, 4) is 16.9 Å². The number of anilines is 2. The molecule has 1 heterocycles. The van der Waals surface area contributed by atoms with E-state index in [1.165, 1.54) is 0 Å². The van der Waals surface area contributed by atoms with Crippen molar-refractivity contribution in [1.82, 2.24) is 0 Å². The average Bonchev–Trinajstić information content (AvgIpc) is 3.11. The molecule has 130 valence electrons. The Hall–Kier alpha value is -3.31. The van der Waals surface area contributed by atoms with Gasteiger partial charge in [-0.15, -0.1) is 0 Å². The maximum Gasteiger partial charge on any atom is 0.337 e. The molecule has 4 rings (SSSR count). The number of para-hydroxylation sites is 1. The number of hydrogen-bond acceptors (Lipinski definition) is 4. The van der Waals surface area contributed by atoms with Crippen LogP contribution in [-0.4, -0.2) is 11.1 Å². The lowest BCUT2D eigenvalue weighted by molar-refractivity contribution is -0.194. The van der Waals surface area contributed by atoms with Gasteiger partial charge in [-0.25, -0.2) is 4.79 Å². The van der Waals surface area contributed by atoms with Crippen molar-refractivity contribution in [3.05, 3.63) is 77.4 Å². The molecule has 2 N–H and O–H groups in total. The van der Waals surface area contributed by atoms with E-state index >= 15 is 0 Å². The Balaban J connectivity index is 1.72. The van der Waals surface area contributed by atoms with E-state index in [0.29, 0.717) is 12.3 Å². The largest absolute Gasteiger partial charge is 0.478 e. The first-order valence-electron chi connectivity index (χ1n) is 8.25. The summed E-state index contributed by atoms with van der Waals surface area (Å²) < 4.78 is 0. The van der Waals surface area contributed by atoms with Crippen molar-refractivity contribution in [2.75, 3.05) is 5.32 Å². The quantitative estimate of drug-likeness (QED) is 0.655. The second-order valence-corrected chi connectivity index (χ2v) is 6.12. The third kappa shape index (κ3) is 2.89. The molecule has 1 aliphatic rings. The van der Waals surface area contributed by atoms with Crippen molar-refractivity contribution in [3.63, 3.8) is 0 Å². The highest BCUT2D eigenvalue weighted by atomic mass is 17.2. The summed E-state index contributed by atoms with van der Waals surface area (Å²) in [4.78, 5) is 21.5. The highest BCUT2D eigenvalue weighted by Crippen LogP contribution is 2.35. The number of hydrogen-bond donors (Lipinski definition) is 2. The van der Waals surface area contributed by atoms with Crippen LogP contribution >= 0.6 is 0 Å². The van der Waals surface area contributed by atoms with Gasteiger partial charge in [0.15, 0.2) is 5.75 Å². The van der Waals surface area contributed by atoms with Crippen LogP contribution in [0.5, 0.6) is 5.75 Å². The summed E-state index contributed by atoms with van der Waals surface area (Å²) in [6.07, 6.45) is 0. The second kappa shape index (κ2) is 6.54. The first kappa shape index (κ1) is 16.2. The van der Waals surface area contributed by atoms with Gasteiger partial charge in [0.05, 0.1) is 11.3 Å². The van der Waals surface area contributed by atoms with E-state index in [1.54, 1.807) is 18.2 Å². The number of carbonyl (C=O) groups is 1. The number of rotatable bonds is 4. The molecule has 0 fully saturated rings. The summed E-state index contributed by atoms with van der Waals surface area (Å²) in [6, 6.07) is 18.8. The lowest BCUT2D eigenvalue weighted by Gasteiger charge is -2.15. The van der Waals surface area contributed by atoms with Crippen molar-refractivity contribution < 1.29 is 19.7 Å². The van der Waals surface area contributed by atoms with Crippen LogP contribution in [-0.2, 0) is 11.5 Å². The van der Waals surface area contributed by atoms with Crippen LogP contribution in [0, 0.1) is 6.92 Å². The lowest BCUT2D eigenvalue weighted by atomic mass is 9.97.